The highest BCUT2D eigenvalue weighted by Crippen LogP contribution is 2.13. The van der Waals surface area contributed by atoms with Gasteiger partial charge in [-0.2, -0.15) is 8.42 Å². The van der Waals surface area contributed by atoms with E-state index in [1.54, 1.807) is 6.08 Å². The van der Waals surface area contributed by atoms with E-state index in [-0.39, 0.29) is 4.86 Å². The van der Waals surface area contributed by atoms with E-state index in [2.05, 4.69) is 12.6 Å². The molecule has 0 saturated carbocycles. The molecule has 11 heavy (non-hydrogen) atoms. The largest absolute Gasteiger partial charge is 0.382 e. The van der Waals surface area contributed by atoms with Crippen molar-refractivity contribution in [3.8, 4) is 0 Å². The number of hydrogen-bond acceptors (Lipinski definition) is 4. The van der Waals surface area contributed by atoms with Crippen molar-refractivity contribution in [3.63, 3.8) is 0 Å². The van der Waals surface area contributed by atoms with Crippen LogP contribution in [-0.4, -0.2) is 24.5 Å². The zero-order chi connectivity index (χ0) is 8.43. The van der Waals surface area contributed by atoms with Gasteiger partial charge in [0.25, 0.3) is 0 Å². The molecule has 1 aliphatic rings. The van der Waals surface area contributed by atoms with E-state index < -0.39 is 16.4 Å². The average molecular weight is 190 g/mol. The molecule has 1 atom stereocenters. The summed E-state index contributed by atoms with van der Waals surface area (Å²) in [7, 11) is -2.36. The van der Waals surface area contributed by atoms with Crippen molar-refractivity contribution in [3.05, 3.63) is 23.1 Å². The van der Waals surface area contributed by atoms with Crippen molar-refractivity contribution in [2.24, 2.45) is 0 Å². The van der Waals surface area contributed by atoms with Crippen molar-refractivity contribution < 1.29 is 13.5 Å². The Morgan fingerprint density at radius 2 is 2.18 bits per heavy atom. The second kappa shape index (κ2) is 3.25. The minimum absolute atomic E-state index is 0.0440. The molecule has 1 aliphatic carbocycles. The predicted octanol–water partition coefficient (Wildman–Crippen LogP) is -0.218. The first-order valence-corrected chi connectivity index (χ1v) is 4.36. The van der Waals surface area contributed by atoms with Gasteiger partial charge in [0.15, 0.2) is 0 Å². The number of hydrogen-bond donors (Lipinski definition) is 2. The van der Waals surface area contributed by atoms with Crippen LogP contribution in [0, 0.1) is 0 Å². The molecular weight excluding hydrogens is 184 g/mol. The number of aliphatic hydroxyl groups is 1. The first-order valence-electron chi connectivity index (χ1n) is 2.84. The van der Waals surface area contributed by atoms with E-state index in [0.29, 0.717) is 4.91 Å². The van der Waals surface area contributed by atoms with E-state index >= 15 is 0 Å². The quantitative estimate of drug-likeness (QED) is 0.410. The lowest BCUT2D eigenvalue weighted by molar-refractivity contribution is 0.288. The maximum Gasteiger partial charge on any atom is 0.220 e. The highest BCUT2D eigenvalue weighted by molar-refractivity contribution is 7.84. The number of rotatable bonds is 0. The Balaban J connectivity index is 3.20. The zero-order valence-corrected chi connectivity index (χ0v) is 7.14. The van der Waals surface area contributed by atoms with Crippen LogP contribution in [0.4, 0.5) is 0 Å². The maximum absolute atomic E-state index is 10.4. The lowest BCUT2D eigenvalue weighted by Gasteiger charge is -2.10. The van der Waals surface area contributed by atoms with Gasteiger partial charge in [-0.25, -0.2) is 0 Å². The van der Waals surface area contributed by atoms with E-state index in [9.17, 15) is 13.5 Å². The second-order valence-electron chi connectivity index (χ2n) is 1.99. The Bertz CT molecular complexity index is 340. The zero-order valence-electron chi connectivity index (χ0n) is 5.43. The molecule has 0 aromatic heterocycles. The minimum atomic E-state index is -2.36. The molecule has 0 fully saturated rings. The lowest BCUT2D eigenvalue weighted by atomic mass is 10.1. The van der Waals surface area contributed by atoms with Gasteiger partial charge in [-0.05, 0) is 12.2 Å². The molecule has 0 aromatic carbocycles. The Hall–Kier alpha value is -0.520. The molecule has 1 rings (SSSR count). The Kier molecular flexibility index (Phi) is 2.53. The fourth-order valence-corrected chi connectivity index (χ4v) is 1.53. The molecule has 0 spiro atoms. The predicted molar refractivity (Wildman–Crippen MR) is 46.1 cm³/mol. The van der Waals surface area contributed by atoms with Crippen LogP contribution in [0.25, 0.3) is 0 Å². The normalized spacial score (nSPS) is 23.3. The topological polar surface area (TPSA) is 54.4 Å². The van der Waals surface area contributed by atoms with E-state index in [4.69, 9.17) is 0 Å². The van der Waals surface area contributed by atoms with Crippen LogP contribution in [0.5, 0.6) is 0 Å². The molecule has 60 valence electrons. The first-order chi connectivity index (χ1) is 5.13. The molecule has 0 saturated heterocycles. The van der Waals surface area contributed by atoms with Crippen LogP contribution in [0.15, 0.2) is 23.1 Å². The Labute approximate surface area is 71.0 Å². The number of thiol groups is 1. The third kappa shape index (κ3) is 1.74. The van der Waals surface area contributed by atoms with Crippen molar-refractivity contribution >= 4 is 27.8 Å². The third-order valence-corrected chi connectivity index (χ3v) is 2.41. The van der Waals surface area contributed by atoms with Gasteiger partial charge in [0.2, 0.25) is 10.3 Å². The molecule has 0 aromatic rings. The summed E-state index contributed by atoms with van der Waals surface area (Å²) in [6.07, 6.45) is 3.32. The molecule has 0 radical (unpaired) electrons. The fraction of sp³-hybridized carbons (Fsp3) is 0.167. The summed E-state index contributed by atoms with van der Waals surface area (Å²) in [6.45, 7) is 0. The Morgan fingerprint density at radius 1 is 1.55 bits per heavy atom. The lowest BCUT2D eigenvalue weighted by Crippen LogP contribution is -2.21. The summed E-state index contributed by atoms with van der Waals surface area (Å²) in [4.78, 5) is 0.296. The van der Waals surface area contributed by atoms with Gasteiger partial charge < -0.3 is 5.11 Å². The van der Waals surface area contributed by atoms with Crippen LogP contribution < -0.4 is 0 Å². The van der Waals surface area contributed by atoms with E-state index in [0.717, 1.165) is 0 Å². The third-order valence-electron chi connectivity index (χ3n) is 1.27. The van der Waals surface area contributed by atoms with Gasteiger partial charge in [-0.3, -0.25) is 0 Å². The van der Waals surface area contributed by atoms with Crippen molar-refractivity contribution in [1.29, 1.82) is 0 Å². The smallest absolute Gasteiger partial charge is 0.220 e. The molecular formula is C6H6O3S2. The number of aliphatic hydroxyl groups excluding tert-OH is 1. The molecule has 1 unspecified atom stereocenters. The van der Waals surface area contributed by atoms with Crippen LogP contribution >= 0.6 is 12.6 Å². The van der Waals surface area contributed by atoms with Crippen molar-refractivity contribution in [2.45, 2.75) is 6.10 Å². The SMILES string of the molecule is O=S(=O)=C1C=CC=C(S)C1O. The van der Waals surface area contributed by atoms with Crippen molar-refractivity contribution in [2.75, 3.05) is 0 Å². The molecule has 0 amide bonds. The van der Waals surface area contributed by atoms with Crippen molar-refractivity contribution in [1.82, 2.24) is 0 Å². The molecule has 1 N–H and O–H groups in total. The Morgan fingerprint density at radius 3 is 2.64 bits per heavy atom. The number of allylic oxidation sites excluding steroid dienone is 2. The summed E-state index contributed by atoms with van der Waals surface area (Å²) in [5.41, 5.74) is 0. The molecule has 0 aliphatic heterocycles. The molecule has 0 heterocycles. The average Bonchev–Trinajstić information content (AvgIpc) is 1.94. The second-order valence-corrected chi connectivity index (χ2v) is 3.45. The molecule has 3 nitrogen and oxygen atoms in total. The van der Waals surface area contributed by atoms with E-state index in [1.165, 1.54) is 12.2 Å². The van der Waals surface area contributed by atoms with Gasteiger partial charge in [-0.15, -0.1) is 12.6 Å². The van der Waals surface area contributed by atoms with Gasteiger partial charge in [0.1, 0.15) is 11.0 Å². The van der Waals surface area contributed by atoms with Gasteiger partial charge in [0.05, 0.1) is 0 Å². The maximum atomic E-state index is 10.4. The standard InChI is InChI=1S/C6H6O3S2/c7-6-4(10)2-1-3-5(6)11(8)9/h1-3,6-7,10H. The fourth-order valence-electron chi connectivity index (χ4n) is 0.716. The summed E-state index contributed by atoms with van der Waals surface area (Å²) in [5, 5.41) is 9.18. The summed E-state index contributed by atoms with van der Waals surface area (Å²) < 4.78 is 20.8. The summed E-state index contributed by atoms with van der Waals surface area (Å²) in [5.74, 6) is 0. The van der Waals surface area contributed by atoms with Gasteiger partial charge in [0, 0.05) is 4.91 Å². The van der Waals surface area contributed by atoms with E-state index in [1.807, 2.05) is 0 Å². The molecule has 0 bridgehead atoms. The minimum Gasteiger partial charge on any atom is -0.382 e. The first kappa shape index (κ1) is 8.58. The molecule has 5 heteroatoms. The summed E-state index contributed by atoms with van der Waals surface area (Å²) >= 11 is 3.88. The monoisotopic (exact) mass is 190 g/mol. The van der Waals surface area contributed by atoms with Gasteiger partial charge >= 0.3 is 0 Å². The summed E-state index contributed by atoms with van der Waals surface area (Å²) in [6, 6.07) is 0. The highest BCUT2D eigenvalue weighted by atomic mass is 32.2. The van der Waals surface area contributed by atoms with Crippen LogP contribution in [-0.2, 0) is 10.3 Å². The highest BCUT2D eigenvalue weighted by Gasteiger charge is 2.16. The van der Waals surface area contributed by atoms with Crippen LogP contribution in [0.3, 0.4) is 0 Å². The van der Waals surface area contributed by atoms with Crippen LogP contribution in [0.2, 0.25) is 0 Å². The van der Waals surface area contributed by atoms with Gasteiger partial charge in [-0.1, -0.05) is 6.08 Å². The van der Waals surface area contributed by atoms with Crippen LogP contribution in [0.1, 0.15) is 0 Å².